The second-order valence-corrected chi connectivity index (χ2v) is 10.7. The van der Waals surface area contributed by atoms with E-state index < -0.39 is 31.9 Å². The average Bonchev–Trinajstić information content (AvgIpc) is 2.71. The highest BCUT2D eigenvalue weighted by atomic mass is 32.2. The number of aryl methyl sites for hydroxylation is 1. The number of para-hydroxylation sites is 1. The van der Waals surface area contributed by atoms with Crippen molar-refractivity contribution in [2.75, 3.05) is 23.4 Å². The molecule has 2 aromatic rings. The number of esters is 1. The molecule has 2 aromatic carbocycles. The molecule has 0 radical (unpaired) electrons. The number of hydrogen-bond acceptors (Lipinski definition) is 7. The van der Waals surface area contributed by atoms with Gasteiger partial charge in [-0.3, -0.25) is 0 Å². The number of sulfonamides is 1. The van der Waals surface area contributed by atoms with E-state index in [1.807, 2.05) is 11.6 Å². The number of anilines is 1. The Labute approximate surface area is 181 Å². The van der Waals surface area contributed by atoms with Crippen LogP contribution in [0.4, 0.5) is 10.5 Å². The zero-order valence-corrected chi connectivity index (χ0v) is 18.8. The standard InChI is InChI=1S/C20H24N2O7S2/c1-3-31(27,28)22-20(24)21-18-8-5-4-7-17(18)19(23)29-13-6-14-30(25,26)16-11-9-15(2)10-12-16/h4-5,7-12H,3,6,13-14H2,1-2H3,(H2,21,22,24). The summed E-state index contributed by atoms with van der Waals surface area (Å²) < 4.78 is 54.6. The molecule has 2 N–H and O–H groups in total. The average molecular weight is 469 g/mol. The molecular weight excluding hydrogens is 444 g/mol. The Hall–Kier alpha value is -2.92. The monoisotopic (exact) mass is 468 g/mol. The molecule has 168 valence electrons. The normalized spacial score (nSPS) is 11.5. The van der Waals surface area contributed by atoms with Gasteiger partial charge in [-0.1, -0.05) is 29.8 Å². The third-order valence-electron chi connectivity index (χ3n) is 4.19. The van der Waals surface area contributed by atoms with Crippen molar-refractivity contribution in [2.24, 2.45) is 0 Å². The molecule has 0 atom stereocenters. The highest BCUT2D eigenvalue weighted by molar-refractivity contribution is 7.91. The summed E-state index contributed by atoms with van der Waals surface area (Å²) >= 11 is 0. The van der Waals surface area contributed by atoms with E-state index in [-0.39, 0.29) is 40.7 Å². The first kappa shape index (κ1) is 24.4. The van der Waals surface area contributed by atoms with Gasteiger partial charge in [0.1, 0.15) is 0 Å². The van der Waals surface area contributed by atoms with Crippen molar-refractivity contribution in [1.29, 1.82) is 0 Å². The van der Waals surface area contributed by atoms with Gasteiger partial charge in [0.15, 0.2) is 9.84 Å². The minimum absolute atomic E-state index is 0.00735. The summed E-state index contributed by atoms with van der Waals surface area (Å²) in [6, 6.07) is 11.4. The molecule has 0 fully saturated rings. The molecule has 9 nitrogen and oxygen atoms in total. The van der Waals surface area contributed by atoms with Crippen molar-refractivity contribution >= 4 is 37.5 Å². The molecule has 0 saturated carbocycles. The number of benzene rings is 2. The molecular formula is C20H24N2O7S2. The zero-order chi connectivity index (χ0) is 23.1. The number of carbonyl (C=O) groups is 2. The lowest BCUT2D eigenvalue weighted by atomic mass is 10.2. The van der Waals surface area contributed by atoms with Gasteiger partial charge in [-0.05, 0) is 44.5 Å². The number of ether oxygens (including phenoxy) is 1. The van der Waals surface area contributed by atoms with Crippen molar-refractivity contribution in [1.82, 2.24) is 4.72 Å². The van der Waals surface area contributed by atoms with E-state index in [2.05, 4.69) is 5.32 Å². The summed E-state index contributed by atoms with van der Waals surface area (Å²) in [5.74, 6) is -1.25. The van der Waals surface area contributed by atoms with Gasteiger partial charge in [-0.25, -0.2) is 31.1 Å². The topological polar surface area (TPSA) is 136 Å². The van der Waals surface area contributed by atoms with Crippen molar-refractivity contribution in [3.8, 4) is 0 Å². The lowest BCUT2D eigenvalue weighted by molar-refractivity contribution is 0.0507. The molecule has 0 aliphatic heterocycles. The molecule has 0 saturated heterocycles. The van der Waals surface area contributed by atoms with Crippen LogP contribution in [0.1, 0.15) is 29.3 Å². The van der Waals surface area contributed by atoms with Gasteiger partial charge in [0.05, 0.1) is 34.3 Å². The molecule has 2 rings (SSSR count). The summed E-state index contributed by atoms with van der Waals surface area (Å²) in [6.45, 7) is 3.09. The fourth-order valence-electron chi connectivity index (χ4n) is 2.49. The first-order valence-corrected chi connectivity index (χ1v) is 12.7. The predicted octanol–water partition coefficient (Wildman–Crippen LogP) is 2.49. The first-order chi connectivity index (χ1) is 14.5. The molecule has 0 spiro atoms. The molecule has 0 heterocycles. The molecule has 0 bridgehead atoms. The van der Waals surface area contributed by atoms with E-state index in [0.29, 0.717) is 0 Å². The SMILES string of the molecule is CCS(=O)(=O)NC(=O)Nc1ccccc1C(=O)OCCCS(=O)(=O)c1ccc(C)cc1. The smallest absolute Gasteiger partial charge is 0.340 e. The lowest BCUT2D eigenvalue weighted by Crippen LogP contribution is -2.35. The number of carbonyl (C=O) groups excluding carboxylic acids is 2. The van der Waals surface area contributed by atoms with Crippen LogP contribution in [0.3, 0.4) is 0 Å². The van der Waals surface area contributed by atoms with Crippen LogP contribution in [0.5, 0.6) is 0 Å². The molecule has 0 aliphatic rings. The first-order valence-electron chi connectivity index (χ1n) is 9.41. The summed E-state index contributed by atoms with van der Waals surface area (Å²) in [5.41, 5.74) is 1.01. The lowest BCUT2D eigenvalue weighted by Gasteiger charge is -2.12. The van der Waals surface area contributed by atoms with Gasteiger partial charge in [0, 0.05) is 0 Å². The van der Waals surface area contributed by atoms with Crippen LogP contribution in [-0.2, 0) is 24.6 Å². The van der Waals surface area contributed by atoms with Gasteiger partial charge in [-0.2, -0.15) is 0 Å². The van der Waals surface area contributed by atoms with Gasteiger partial charge < -0.3 is 10.1 Å². The zero-order valence-electron chi connectivity index (χ0n) is 17.1. The Morgan fingerprint density at radius 2 is 1.61 bits per heavy atom. The Bertz CT molecular complexity index is 1140. The second-order valence-electron chi connectivity index (χ2n) is 6.63. The number of hydrogen-bond donors (Lipinski definition) is 2. The Morgan fingerprint density at radius 1 is 0.968 bits per heavy atom. The van der Waals surface area contributed by atoms with Crippen LogP contribution >= 0.6 is 0 Å². The van der Waals surface area contributed by atoms with Gasteiger partial charge in [0.2, 0.25) is 10.0 Å². The van der Waals surface area contributed by atoms with Crippen LogP contribution in [-0.4, -0.2) is 46.9 Å². The van der Waals surface area contributed by atoms with Gasteiger partial charge >= 0.3 is 12.0 Å². The fraction of sp³-hybridized carbons (Fsp3) is 0.300. The Balaban J connectivity index is 1.94. The van der Waals surface area contributed by atoms with Crippen LogP contribution in [0.15, 0.2) is 53.4 Å². The van der Waals surface area contributed by atoms with Crippen LogP contribution < -0.4 is 10.0 Å². The third-order valence-corrected chi connectivity index (χ3v) is 7.27. The van der Waals surface area contributed by atoms with Gasteiger partial charge in [-0.15, -0.1) is 0 Å². The van der Waals surface area contributed by atoms with Crippen molar-refractivity contribution in [3.05, 3.63) is 59.7 Å². The highest BCUT2D eigenvalue weighted by Gasteiger charge is 2.18. The molecule has 11 heteroatoms. The maximum absolute atomic E-state index is 12.4. The Morgan fingerprint density at radius 3 is 2.26 bits per heavy atom. The minimum atomic E-state index is -3.76. The number of amides is 2. The van der Waals surface area contributed by atoms with Crippen molar-refractivity contribution in [2.45, 2.75) is 25.2 Å². The molecule has 0 aromatic heterocycles. The van der Waals surface area contributed by atoms with E-state index in [1.54, 1.807) is 24.3 Å². The molecule has 0 aliphatic carbocycles. The van der Waals surface area contributed by atoms with Crippen molar-refractivity contribution < 1.29 is 31.2 Å². The third kappa shape index (κ3) is 7.37. The summed E-state index contributed by atoms with van der Waals surface area (Å²) in [7, 11) is -7.26. The van der Waals surface area contributed by atoms with Crippen molar-refractivity contribution in [3.63, 3.8) is 0 Å². The largest absolute Gasteiger partial charge is 0.462 e. The van der Waals surface area contributed by atoms with Crippen LogP contribution in [0, 0.1) is 6.92 Å². The number of nitrogens with one attached hydrogen (secondary N) is 2. The maximum atomic E-state index is 12.4. The van der Waals surface area contributed by atoms with E-state index in [4.69, 9.17) is 4.74 Å². The predicted molar refractivity (Wildman–Crippen MR) is 116 cm³/mol. The summed E-state index contributed by atoms with van der Waals surface area (Å²) in [6.07, 6.45) is 0.0901. The van der Waals surface area contributed by atoms with E-state index >= 15 is 0 Å². The Kier molecular flexibility index (Phi) is 8.17. The quantitative estimate of drug-likeness (QED) is 0.426. The number of urea groups is 1. The van der Waals surface area contributed by atoms with Gasteiger partial charge in [0.25, 0.3) is 0 Å². The highest BCUT2D eigenvalue weighted by Crippen LogP contribution is 2.17. The van der Waals surface area contributed by atoms with Crippen LogP contribution in [0.2, 0.25) is 0 Å². The summed E-state index contributed by atoms with van der Waals surface area (Å²) in [5, 5.41) is 2.30. The molecule has 0 unspecified atom stereocenters. The number of rotatable bonds is 9. The van der Waals surface area contributed by atoms with E-state index in [1.165, 1.54) is 31.2 Å². The fourth-order valence-corrected chi connectivity index (χ4v) is 4.25. The number of sulfone groups is 1. The van der Waals surface area contributed by atoms with Crippen LogP contribution in [0.25, 0.3) is 0 Å². The summed E-state index contributed by atoms with van der Waals surface area (Å²) in [4.78, 5) is 24.4. The van der Waals surface area contributed by atoms with E-state index in [0.717, 1.165) is 5.56 Å². The second kappa shape index (κ2) is 10.4. The molecule has 2 amide bonds. The minimum Gasteiger partial charge on any atom is -0.462 e. The molecule has 31 heavy (non-hydrogen) atoms. The van der Waals surface area contributed by atoms with E-state index in [9.17, 15) is 26.4 Å². The maximum Gasteiger partial charge on any atom is 0.340 e.